The molecule has 0 saturated carbocycles. The zero-order valence-corrected chi connectivity index (χ0v) is 24.3. The lowest BCUT2D eigenvalue weighted by Crippen LogP contribution is -2.47. The number of halogens is 2. The Kier molecular flexibility index (Phi) is 7.33. The Bertz CT molecular complexity index is 1250. The van der Waals surface area contributed by atoms with Crippen LogP contribution in [-0.2, 0) is 9.48 Å². The highest BCUT2D eigenvalue weighted by atomic mass is 127. The highest BCUT2D eigenvalue weighted by Gasteiger charge is 2.45. The molecule has 0 fully saturated rings. The lowest BCUT2D eigenvalue weighted by molar-refractivity contribution is 0.148. The van der Waals surface area contributed by atoms with Crippen LogP contribution in [0.1, 0.15) is 35.3 Å². The number of carbonyl (C=O) groups excluding carboxylic acids is 1. The Morgan fingerprint density at radius 2 is 1.89 bits per heavy atom. The molecule has 1 aromatic heterocycles. The molecular weight excluding hydrogens is 659 g/mol. The van der Waals surface area contributed by atoms with Crippen LogP contribution < -0.4 is 5.32 Å². The molecule has 0 saturated heterocycles. The summed E-state index contributed by atoms with van der Waals surface area (Å²) in [6.45, 7) is 2.29. The number of thioether (sulfide) groups is 1. The van der Waals surface area contributed by atoms with E-state index in [9.17, 15) is 9.90 Å². The number of thiophene rings is 1. The van der Waals surface area contributed by atoms with Crippen LogP contribution in [0.5, 0.6) is 0 Å². The number of carbonyl (C=O) groups is 1. The van der Waals surface area contributed by atoms with Crippen molar-refractivity contribution >= 4 is 72.9 Å². The molecule has 0 bridgehead atoms. The molecular formula is C26H24BrIN2O3S2. The molecule has 1 aliphatic heterocycles. The molecule has 1 aliphatic carbocycles. The maximum atomic E-state index is 12.9. The second-order valence-electron chi connectivity index (χ2n) is 9.02. The molecule has 35 heavy (non-hydrogen) atoms. The van der Waals surface area contributed by atoms with Gasteiger partial charge in [0.1, 0.15) is 6.61 Å². The number of nitrogens with one attached hydrogen (secondary N) is 1. The minimum atomic E-state index is -0.664. The summed E-state index contributed by atoms with van der Waals surface area (Å²) in [5.74, 6) is -0.00582. The largest absolute Gasteiger partial charge is 0.448 e. The quantitative estimate of drug-likeness (QED) is 0.226. The predicted molar refractivity (Wildman–Crippen MR) is 156 cm³/mol. The number of fused-ring (bicyclic) bond motifs is 3. The van der Waals surface area contributed by atoms with Crippen LogP contribution in [0, 0.1) is 0 Å². The van der Waals surface area contributed by atoms with Gasteiger partial charge >= 0.3 is 6.09 Å². The van der Waals surface area contributed by atoms with Crippen LogP contribution >= 0.6 is 61.6 Å². The minimum absolute atomic E-state index is 0.00582. The molecule has 2 aromatic carbocycles. The number of aliphatic imine (C=N–C) groups is 1. The fourth-order valence-electron chi connectivity index (χ4n) is 4.87. The monoisotopic (exact) mass is 682 g/mol. The number of aliphatic hydroxyl groups excluding tert-OH is 1. The molecule has 5 nitrogen and oxygen atoms in total. The summed E-state index contributed by atoms with van der Waals surface area (Å²) < 4.78 is 7.07. The van der Waals surface area contributed by atoms with E-state index in [-0.39, 0.29) is 23.9 Å². The van der Waals surface area contributed by atoms with Crippen molar-refractivity contribution in [2.75, 3.05) is 17.6 Å². The summed E-state index contributed by atoms with van der Waals surface area (Å²) in [7, 11) is 0. The molecule has 2 heterocycles. The van der Waals surface area contributed by atoms with E-state index >= 15 is 0 Å². The third kappa shape index (κ3) is 4.94. The number of amides is 1. The van der Waals surface area contributed by atoms with Crippen LogP contribution in [0.25, 0.3) is 11.1 Å². The van der Waals surface area contributed by atoms with Crippen molar-refractivity contribution in [2.24, 2.45) is 4.99 Å². The lowest BCUT2D eigenvalue weighted by Gasteiger charge is -2.41. The molecule has 2 atom stereocenters. The number of benzene rings is 2. The summed E-state index contributed by atoms with van der Waals surface area (Å²) in [6.07, 6.45) is 0.141. The molecule has 2 aliphatic rings. The van der Waals surface area contributed by atoms with E-state index in [1.54, 1.807) is 11.3 Å². The first-order valence-corrected chi connectivity index (χ1v) is 15.2. The van der Waals surface area contributed by atoms with Crippen LogP contribution in [0.15, 0.2) is 69.4 Å². The van der Waals surface area contributed by atoms with Gasteiger partial charge in [-0.3, -0.25) is 10.3 Å². The zero-order chi connectivity index (χ0) is 24.6. The van der Waals surface area contributed by atoms with Crippen molar-refractivity contribution in [1.82, 2.24) is 5.32 Å². The average molecular weight is 683 g/mol. The highest BCUT2D eigenvalue weighted by molar-refractivity contribution is 14.1. The zero-order valence-electron chi connectivity index (χ0n) is 19.0. The van der Waals surface area contributed by atoms with Gasteiger partial charge in [0.15, 0.2) is 5.17 Å². The number of nitrogens with zero attached hydrogens (tertiary/aromatic N) is 1. The molecule has 2 unspecified atom stereocenters. The molecule has 9 heteroatoms. The number of alkyl halides is 1. The second kappa shape index (κ2) is 10.2. The van der Waals surface area contributed by atoms with Gasteiger partial charge in [-0.1, -0.05) is 82.9 Å². The molecule has 1 amide bonds. The Morgan fingerprint density at radius 3 is 2.46 bits per heavy atom. The Morgan fingerprint density at radius 1 is 1.23 bits per heavy atom. The SMILES string of the molecule is CC1(c2cc(Br)cs2)CC(CO)(CI)N=C(NC(=O)OCC2c3ccccc3-c3ccccc32)S1. The van der Waals surface area contributed by atoms with E-state index in [0.29, 0.717) is 16.0 Å². The van der Waals surface area contributed by atoms with Gasteiger partial charge in [0.2, 0.25) is 0 Å². The van der Waals surface area contributed by atoms with Gasteiger partial charge in [-0.05, 0) is 57.6 Å². The van der Waals surface area contributed by atoms with Gasteiger partial charge in [0, 0.05) is 25.1 Å². The number of alkyl carbamates (subject to hydrolysis) is 1. The molecule has 0 radical (unpaired) electrons. The Hall–Kier alpha value is -1.40. The number of aliphatic hydroxyl groups is 1. The van der Waals surface area contributed by atoms with Gasteiger partial charge in [-0.15, -0.1) is 11.3 Å². The fourth-order valence-corrected chi connectivity index (χ4v) is 8.61. The first-order chi connectivity index (χ1) is 16.9. The fraction of sp³-hybridized carbons (Fsp3) is 0.308. The Labute approximate surface area is 235 Å². The smallest absolute Gasteiger partial charge is 0.413 e. The van der Waals surface area contributed by atoms with Gasteiger partial charge in [0.25, 0.3) is 0 Å². The molecule has 5 rings (SSSR count). The minimum Gasteiger partial charge on any atom is -0.448 e. The maximum absolute atomic E-state index is 12.9. The summed E-state index contributed by atoms with van der Waals surface area (Å²) >= 11 is 8.98. The normalized spacial score (nSPS) is 23.4. The first-order valence-electron chi connectivity index (χ1n) is 11.2. The van der Waals surface area contributed by atoms with E-state index in [2.05, 4.69) is 86.5 Å². The summed E-state index contributed by atoms with van der Waals surface area (Å²) in [5, 5.41) is 15.6. The van der Waals surface area contributed by atoms with Crippen LogP contribution in [0.3, 0.4) is 0 Å². The third-order valence-corrected chi connectivity index (χ3v) is 11.2. The number of hydrogen-bond acceptors (Lipinski definition) is 6. The van der Waals surface area contributed by atoms with Gasteiger partial charge in [0.05, 0.1) is 16.9 Å². The van der Waals surface area contributed by atoms with E-state index < -0.39 is 11.6 Å². The molecule has 2 N–H and O–H groups in total. The molecule has 3 aromatic rings. The average Bonchev–Trinajstić information content (AvgIpc) is 3.44. The van der Waals surface area contributed by atoms with Gasteiger partial charge in [-0.25, -0.2) is 4.79 Å². The number of amidine groups is 1. The van der Waals surface area contributed by atoms with Crippen molar-refractivity contribution in [2.45, 2.75) is 29.5 Å². The number of rotatable bonds is 5. The lowest BCUT2D eigenvalue weighted by atomic mass is 9.89. The van der Waals surface area contributed by atoms with Crippen molar-refractivity contribution in [3.8, 4) is 11.1 Å². The number of ether oxygens (including phenoxy) is 1. The first kappa shape index (κ1) is 25.3. The topological polar surface area (TPSA) is 70.9 Å². The predicted octanol–water partition coefficient (Wildman–Crippen LogP) is 6.92. The second-order valence-corrected chi connectivity index (χ2v) is 13.1. The van der Waals surface area contributed by atoms with Gasteiger partial charge < -0.3 is 9.84 Å². The van der Waals surface area contributed by atoms with E-state index in [1.807, 2.05) is 24.3 Å². The summed E-state index contributed by atoms with van der Waals surface area (Å²) in [5.41, 5.74) is 4.06. The van der Waals surface area contributed by atoms with Crippen molar-refractivity contribution in [3.63, 3.8) is 0 Å². The van der Waals surface area contributed by atoms with Crippen molar-refractivity contribution in [1.29, 1.82) is 0 Å². The standard InChI is InChI=1S/C26H24BrIN2O3S2/c1-25(22-10-16(27)12-34-22)13-26(14-28,15-31)30-23(35-25)29-24(32)33-11-21-19-8-4-2-6-17(19)18-7-3-5-9-20(18)21/h2-10,12,21,31H,11,13-15H2,1H3,(H,29,30,32). The molecule has 0 spiro atoms. The Balaban J connectivity index is 1.33. The van der Waals surface area contributed by atoms with Gasteiger partial charge in [-0.2, -0.15) is 0 Å². The van der Waals surface area contributed by atoms with E-state index in [0.717, 1.165) is 4.47 Å². The van der Waals surface area contributed by atoms with E-state index in [4.69, 9.17) is 9.73 Å². The molecule has 182 valence electrons. The van der Waals surface area contributed by atoms with E-state index in [1.165, 1.54) is 38.9 Å². The summed E-state index contributed by atoms with van der Waals surface area (Å²) in [6, 6.07) is 18.6. The maximum Gasteiger partial charge on any atom is 0.413 e. The van der Waals surface area contributed by atoms with Crippen LogP contribution in [0.2, 0.25) is 0 Å². The van der Waals surface area contributed by atoms with Crippen LogP contribution in [-0.4, -0.2) is 39.5 Å². The van der Waals surface area contributed by atoms with Crippen molar-refractivity contribution < 1.29 is 14.6 Å². The summed E-state index contributed by atoms with van der Waals surface area (Å²) in [4.78, 5) is 18.9. The van der Waals surface area contributed by atoms with Crippen LogP contribution in [0.4, 0.5) is 4.79 Å². The van der Waals surface area contributed by atoms with Crippen molar-refractivity contribution in [3.05, 3.63) is 80.5 Å². The highest BCUT2D eigenvalue weighted by Crippen LogP contribution is 2.50. The number of hydrogen-bond donors (Lipinski definition) is 2. The third-order valence-electron chi connectivity index (χ3n) is 6.51.